The predicted molar refractivity (Wildman–Crippen MR) is 79.5 cm³/mol. The highest BCUT2D eigenvalue weighted by atomic mass is 35.5. The van der Waals surface area contributed by atoms with Crippen molar-refractivity contribution in [2.45, 2.75) is 13.3 Å². The Labute approximate surface area is 130 Å². The molecule has 0 spiro atoms. The van der Waals surface area contributed by atoms with E-state index in [0.29, 0.717) is 11.6 Å². The largest absolute Gasteiger partial charge is 0.436 e. The number of pyridine rings is 1. The Hall–Kier alpha value is -1.59. The molecule has 2 aromatic rings. The molecular weight excluding hydrogens is 321 g/mol. The lowest BCUT2D eigenvalue weighted by atomic mass is 10.3. The summed E-state index contributed by atoms with van der Waals surface area (Å²) in [5.74, 6) is -1.83. The van der Waals surface area contributed by atoms with Gasteiger partial charge in [0.05, 0.1) is 10.0 Å². The third-order valence-corrected chi connectivity index (χ3v) is 3.28. The molecule has 1 heterocycles. The van der Waals surface area contributed by atoms with Gasteiger partial charge in [-0.25, -0.2) is 8.78 Å². The fourth-order valence-corrected chi connectivity index (χ4v) is 1.83. The van der Waals surface area contributed by atoms with Crippen LogP contribution in [0.25, 0.3) is 0 Å². The fourth-order valence-electron chi connectivity index (χ4n) is 1.54. The van der Waals surface area contributed by atoms with Crippen LogP contribution in [0, 0.1) is 11.6 Å². The van der Waals surface area contributed by atoms with Crippen molar-refractivity contribution in [3.8, 4) is 11.6 Å². The first-order valence-corrected chi connectivity index (χ1v) is 6.99. The Morgan fingerprint density at radius 2 is 1.90 bits per heavy atom. The molecule has 112 valence electrons. The van der Waals surface area contributed by atoms with Gasteiger partial charge in [-0.15, -0.1) is 0 Å². The number of ether oxygens (including phenoxy) is 1. The molecule has 0 bridgehead atoms. The van der Waals surface area contributed by atoms with Gasteiger partial charge in [0.2, 0.25) is 0 Å². The molecule has 0 unspecified atom stereocenters. The van der Waals surface area contributed by atoms with Crippen molar-refractivity contribution in [2.24, 2.45) is 0 Å². The van der Waals surface area contributed by atoms with Crippen molar-refractivity contribution in [3.63, 3.8) is 0 Å². The van der Waals surface area contributed by atoms with E-state index in [9.17, 15) is 8.78 Å². The maximum Gasteiger partial charge on any atom is 0.258 e. The zero-order valence-electron chi connectivity index (χ0n) is 11.1. The first-order chi connectivity index (χ1) is 10.0. The van der Waals surface area contributed by atoms with E-state index in [2.05, 4.69) is 10.3 Å². The van der Waals surface area contributed by atoms with Crippen LogP contribution in [0.4, 0.5) is 14.6 Å². The van der Waals surface area contributed by atoms with Gasteiger partial charge < -0.3 is 10.1 Å². The summed E-state index contributed by atoms with van der Waals surface area (Å²) in [6.45, 7) is 2.43. The molecule has 0 saturated heterocycles. The van der Waals surface area contributed by atoms with E-state index in [1.54, 1.807) is 0 Å². The molecule has 7 heteroatoms. The summed E-state index contributed by atoms with van der Waals surface area (Å²) in [5, 5.41) is 3.37. The lowest BCUT2D eigenvalue weighted by Gasteiger charge is -2.10. The lowest BCUT2D eigenvalue weighted by molar-refractivity contribution is 0.418. The third-order valence-electron chi connectivity index (χ3n) is 2.55. The normalized spacial score (nSPS) is 10.5. The SMILES string of the molecule is CCCNc1nc(Oc2ccc(Cl)c(Cl)c2)c(F)cc1F. The van der Waals surface area contributed by atoms with Crippen LogP contribution < -0.4 is 10.1 Å². The zero-order chi connectivity index (χ0) is 15.4. The summed E-state index contributed by atoms with van der Waals surface area (Å²) in [6.07, 6.45) is 0.779. The van der Waals surface area contributed by atoms with Crippen LogP contribution in [0.2, 0.25) is 10.0 Å². The number of rotatable bonds is 5. The summed E-state index contributed by atoms with van der Waals surface area (Å²) in [6, 6.07) is 5.17. The summed E-state index contributed by atoms with van der Waals surface area (Å²) in [4.78, 5) is 3.80. The van der Waals surface area contributed by atoms with E-state index < -0.39 is 11.6 Å². The smallest absolute Gasteiger partial charge is 0.258 e. The van der Waals surface area contributed by atoms with Crippen molar-refractivity contribution >= 4 is 29.0 Å². The van der Waals surface area contributed by atoms with E-state index in [-0.39, 0.29) is 22.5 Å². The van der Waals surface area contributed by atoms with Crippen LogP contribution in [0.1, 0.15) is 13.3 Å². The van der Waals surface area contributed by atoms with Crippen LogP contribution in [0.15, 0.2) is 24.3 Å². The van der Waals surface area contributed by atoms with Crippen molar-refractivity contribution in [1.29, 1.82) is 0 Å². The molecule has 0 fully saturated rings. The quantitative estimate of drug-likeness (QED) is 0.808. The maximum atomic E-state index is 13.7. The van der Waals surface area contributed by atoms with Crippen LogP contribution in [-0.4, -0.2) is 11.5 Å². The topological polar surface area (TPSA) is 34.2 Å². The van der Waals surface area contributed by atoms with Crippen molar-refractivity contribution in [3.05, 3.63) is 45.9 Å². The average molecular weight is 333 g/mol. The number of nitrogens with zero attached hydrogens (tertiary/aromatic N) is 1. The molecule has 0 saturated carbocycles. The Bertz CT molecular complexity index is 653. The highest BCUT2D eigenvalue weighted by Gasteiger charge is 2.14. The second-order valence-corrected chi connectivity index (χ2v) is 5.02. The Balaban J connectivity index is 2.28. The summed E-state index contributed by atoms with van der Waals surface area (Å²) in [5.41, 5.74) is 0. The molecule has 2 rings (SSSR count). The first-order valence-electron chi connectivity index (χ1n) is 6.24. The summed E-state index contributed by atoms with van der Waals surface area (Å²) in [7, 11) is 0. The number of hydrogen-bond donors (Lipinski definition) is 1. The Kier molecular flexibility index (Phi) is 5.20. The van der Waals surface area contributed by atoms with Crippen LogP contribution in [-0.2, 0) is 0 Å². The zero-order valence-corrected chi connectivity index (χ0v) is 12.6. The molecule has 0 radical (unpaired) electrons. The minimum absolute atomic E-state index is 0.0617. The van der Waals surface area contributed by atoms with Gasteiger partial charge in [-0.05, 0) is 18.6 Å². The minimum atomic E-state index is -0.902. The maximum absolute atomic E-state index is 13.7. The molecule has 21 heavy (non-hydrogen) atoms. The van der Waals surface area contributed by atoms with Gasteiger partial charge >= 0.3 is 0 Å². The first kappa shape index (κ1) is 15.8. The van der Waals surface area contributed by atoms with E-state index in [0.717, 1.165) is 12.5 Å². The van der Waals surface area contributed by atoms with Crippen LogP contribution in [0.3, 0.4) is 0 Å². The van der Waals surface area contributed by atoms with Crippen LogP contribution in [0.5, 0.6) is 11.6 Å². The molecule has 1 aromatic carbocycles. The van der Waals surface area contributed by atoms with E-state index in [4.69, 9.17) is 27.9 Å². The molecule has 0 amide bonds. The second kappa shape index (κ2) is 6.91. The third kappa shape index (κ3) is 3.95. The highest BCUT2D eigenvalue weighted by Crippen LogP contribution is 2.30. The average Bonchev–Trinajstić information content (AvgIpc) is 2.44. The van der Waals surface area contributed by atoms with E-state index in [1.165, 1.54) is 18.2 Å². The Morgan fingerprint density at radius 3 is 2.57 bits per heavy atom. The molecule has 0 aliphatic carbocycles. The molecule has 0 aliphatic heterocycles. The second-order valence-electron chi connectivity index (χ2n) is 4.21. The molecule has 0 atom stereocenters. The van der Waals surface area contributed by atoms with Gasteiger partial charge in [0, 0.05) is 18.7 Å². The van der Waals surface area contributed by atoms with E-state index >= 15 is 0 Å². The van der Waals surface area contributed by atoms with Crippen molar-refractivity contribution in [1.82, 2.24) is 4.98 Å². The fraction of sp³-hybridized carbons (Fsp3) is 0.214. The lowest BCUT2D eigenvalue weighted by Crippen LogP contribution is -2.06. The molecule has 3 nitrogen and oxygen atoms in total. The van der Waals surface area contributed by atoms with E-state index in [1.807, 2.05) is 6.92 Å². The standard InChI is InChI=1S/C14H12Cl2F2N2O/c1-2-5-19-13-11(17)7-12(18)14(20-13)21-8-3-4-9(15)10(16)6-8/h3-4,6-7H,2,5H2,1H3,(H,19,20). The number of anilines is 1. The summed E-state index contributed by atoms with van der Waals surface area (Å²) < 4.78 is 32.5. The van der Waals surface area contributed by atoms with Gasteiger partial charge in [-0.3, -0.25) is 0 Å². The van der Waals surface area contributed by atoms with Crippen molar-refractivity contribution < 1.29 is 13.5 Å². The molecular formula is C14H12Cl2F2N2O. The number of hydrogen-bond acceptors (Lipinski definition) is 3. The molecule has 1 N–H and O–H groups in total. The van der Waals surface area contributed by atoms with Gasteiger partial charge in [-0.2, -0.15) is 4.98 Å². The van der Waals surface area contributed by atoms with Gasteiger partial charge in [0.15, 0.2) is 17.5 Å². The molecule has 1 aromatic heterocycles. The number of aromatic nitrogens is 1. The summed E-state index contributed by atoms with van der Waals surface area (Å²) >= 11 is 11.6. The number of nitrogens with one attached hydrogen (secondary N) is 1. The van der Waals surface area contributed by atoms with Crippen LogP contribution >= 0.6 is 23.2 Å². The Morgan fingerprint density at radius 1 is 1.14 bits per heavy atom. The molecule has 0 aliphatic rings. The predicted octanol–water partition coefficient (Wildman–Crippen LogP) is 5.28. The van der Waals surface area contributed by atoms with Gasteiger partial charge in [-0.1, -0.05) is 30.1 Å². The highest BCUT2D eigenvalue weighted by molar-refractivity contribution is 6.42. The monoisotopic (exact) mass is 332 g/mol. The van der Waals surface area contributed by atoms with Gasteiger partial charge in [0.1, 0.15) is 5.75 Å². The number of halogens is 4. The van der Waals surface area contributed by atoms with Crippen molar-refractivity contribution in [2.75, 3.05) is 11.9 Å². The van der Waals surface area contributed by atoms with Gasteiger partial charge in [0.25, 0.3) is 5.88 Å². The minimum Gasteiger partial charge on any atom is -0.436 e. The number of benzene rings is 1.